The zero-order chi connectivity index (χ0) is 18.4. The number of amides is 1. The van der Waals surface area contributed by atoms with Crippen molar-refractivity contribution in [3.05, 3.63) is 58.1 Å². The van der Waals surface area contributed by atoms with Gasteiger partial charge in [-0.15, -0.1) is 0 Å². The van der Waals surface area contributed by atoms with Crippen molar-refractivity contribution in [1.29, 1.82) is 0 Å². The molecule has 0 saturated carbocycles. The fourth-order valence-electron chi connectivity index (χ4n) is 2.28. The highest BCUT2D eigenvalue weighted by atomic mass is 35.5. The van der Waals surface area contributed by atoms with Crippen molar-refractivity contribution in [2.45, 2.75) is 20.3 Å². The van der Waals surface area contributed by atoms with Crippen LogP contribution in [0, 0.1) is 13.8 Å². The molecule has 0 saturated heterocycles. The molecule has 0 atom stereocenters. The summed E-state index contributed by atoms with van der Waals surface area (Å²) in [6, 6.07) is 10.9. The van der Waals surface area contributed by atoms with E-state index in [0.717, 1.165) is 16.7 Å². The third-order valence-corrected chi connectivity index (χ3v) is 4.12. The first-order chi connectivity index (χ1) is 11.9. The predicted octanol–water partition coefficient (Wildman–Crippen LogP) is 3.69. The van der Waals surface area contributed by atoms with E-state index in [4.69, 9.17) is 21.1 Å². The number of methoxy groups -OCH3 is 1. The third kappa shape index (κ3) is 5.22. The lowest BCUT2D eigenvalue weighted by atomic mass is 10.1. The van der Waals surface area contributed by atoms with Crippen LogP contribution in [0.5, 0.6) is 5.75 Å². The predicted molar refractivity (Wildman–Crippen MR) is 97.2 cm³/mol. The first-order valence-corrected chi connectivity index (χ1v) is 8.12. The van der Waals surface area contributed by atoms with Crippen molar-refractivity contribution < 1.29 is 19.1 Å². The van der Waals surface area contributed by atoms with Gasteiger partial charge in [-0.3, -0.25) is 9.59 Å². The molecule has 25 heavy (non-hydrogen) atoms. The smallest absolute Gasteiger partial charge is 0.310 e. The van der Waals surface area contributed by atoms with Crippen LogP contribution in [-0.4, -0.2) is 25.6 Å². The number of anilines is 1. The molecule has 6 heteroatoms. The molecular weight excluding hydrogens is 342 g/mol. The Morgan fingerprint density at radius 1 is 1.12 bits per heavy atom. The van der Waals surface area contributed by atoms with Gasteiger partial charge in [0.25, 0.3) is 5.91 Å². The van der Waals surface area contributed by atoms with Crippen LogP contribution in [0.15, 0.2) is 36.4 Å². The average molecular weight is 362 g/mol. The van der Waals surface area contributed by atoms with Crippen molar-refractivity contribution >= 4 is 29.2 Å². The number of carbonyl (C=O) groups excluding carboxylic acids is 2. The molecule has 2 rings (SSSR count). The minimum atomic E-state index is -0.455. The second-order valence-corrected chi connectivity index (χ2v) is 6.02. The van der Waals surface area contributed by atoms with Crippen LogP contribution < -0.4 is 10.1 Å². The van der Waals surface area contributed by atoms with Crippen LogP contribution >= 0.6 is 11.6 Å². The van der Waals surface area contributed by atoms with Gasteiger partial charge in [0.05, 0.1) is 19.2 Å². The lowest BCUT2D eigenvalue weighted by molar-refractivity contribution is -0.146. The molecule has 0 aliphatic carbocycles. The lowest BCUT2D eigenvalue weighted by Crippen LogP contribution is -2.22. The lowest BCUT2D eigenvalue weighted by Gasteiger charge is -2.12. The minimum Gasteiger partial charge on any atom is -0.495 e. The Hall–Kier alpha value is -2.53. The summed E-state index contributed by atoms with van der Waals surface area (Å²) in [5.74, 6) is -0.461. The number of hydrogen-bond acceptors (Lipinski definition) is 4. The molecule has 1 N–H and O–H groups in total. The van der Waals surface area contributed by atoms with Gasteiger partial charge >= 0.3 is 5.97 Å². The Kier molecular flexibility index (Phi) is 6.42. The standard InChI is InChI=1S/C19H20ClNO4/c1-12-6-4-5-7-14(12)9-19(23)25-11-18(22)21-16-8-13(2)15(20)10-17(16)24-3/h4-8,10H,9,11H2,1-3H3,(H,21,22). The zero-order valence-electron chi connectivity index (χ0n) is 14.4. The van der Waals surface area contributed by atoms with Crippen LogP contribution in [0.4, 0.5) is 5.69 Å². The summed E-state index contributed by atoms with van der Waals surface area (Å²) in [5, 5.41) is 3.20. The number of aryl methyl sites for hydroxylation is 2. The molecule has 0 radical (unpaired) electrons. The monoisotopic (exact) mass is 361 g/mol. The largest absolute Gasteiger partial charge is 0.495 e. The first kappa shape index (κ1) is 18.8. The number of carbonyl (C=O) groups is 2. The molecular formula is C19H20ClNO4. The number of hydrogen-bond donors (Lipinski definition) is 1. The number of halogens is 1. The van der Waals surface area contributed by atoms with Crippen LogP contribution in [0.1, 0.15) is 16.7 Å². The molecule has 132 valence electrons. The molecule has 0 aliphatic heterocycles. The molecule has 0 fully saturated rings. The Morgan fingerprint density at radius 3 is 2.52 bits per heavy atom. The summed E-state index contributed by atoms with van der Waals surface area (Å²) >= 11 is 6.03. The summed E-state index contributed by atoms with van der Waals surface area (Å²) in [6.07, 6.45) is 0.128. The fourth-order valence-corrected chi connectivity index (χ4v) is 2.43. The Morgan fingerprint density at radius 2 is 1.84 bits per heavy atom. The minimum absolute atomic E-state index is 0.128. The highest BCUT2D eigenvalue weighted by Gasteiger charge is 2.13. The van der Waals surface area contributed by atoms with Crippen molar-refractivity contribution in [3.63, 3.8) is 0 Å². The quantitative estimate of drug-likeness (QED) is 0.797. The fraction of sp³-hybridized carbons (Fsp3) is 0.263. The second kappa shape index (κ2) is 8.53. The zero-order valence-corrected chi connectivity index (χ0v) is 15.1. The number of rotatable bonds is 6. The van der Waals surface area contributed by atoms with E-state index in [1.807, 2.05) is 38.1 Å². The van der Waals surface area contributed by atoms with E-state index in [0.29, 0.717) is 16.5 Å². The normalized spacial score (nSPS) is 10.2. The number of ether oxygens (including phenoxy) is 2. The molecule has 0 bridgehead atoms. The highest BCUT2D eigenvalue weighted by molar-refractivity contribution is 6.31. The van der Waals surface area contributed by atoms with Crippen molar-refractivity contribution in [2.24, 2.45) is 0 Å². The van der Waals surface area contributed by atoms with E-state index >= 15 is 0 Å². The molecule has 0 aliphatic rings. The maximum Gasteiger partial charge on any atom is 0.310 e. The molecule has 5 nitrogen and oxygen atoms in total. The molecule has 2 aromatic carbocycles. The number of benzene rings is 2. The van der Waals surface area contributed by atoms with Crippen LogP contribution in [0.3, 0.4) is 0 Å². The Bertz CT molecular complexity index is 789. The molecule has 0 spiro atoms. The summed E-state index contributed by atoms with van der Waals surface area (Å²) < 4.78 is 10.2. The van der Waals surface area contributed by atoms with Gasteiger partial charge in [0.2, 0.25) is 0 Å². The van der Waals surface area contributed by atoms with Gasteiger partial charge in [-0.1, -0.05) is 35.9 Å². The van der Waals surface area contributed by atoms with Gasteiger partial charge in [-0.25, -0.2) is 0 Å². The third-order valence-electron chi connectivity index (χ3n) is 3.72. The van der Waals surface area contributed by atoms with Gasteiger partial charge < -0.3 is 14.8 Å². The summed E-state index contributed by atoms with van der Waals surface area (Å²) in [6.45, 7) is 3.37. The summed E-state index contributed by atoms with van der Waals surface area (Å²) in [7, 11) is 1.48. The summed E-state index contributed by atoms with van der Waals surface area (Å²) in [4.78, 5) is 23.9. The van der Waals surface area contributed by atoms with Crippen LogP contribution in [-0.2, 0) is 20.7 Å². The van der Waals surface area contributed by atoms with E-state index in [1.165, 1.54) is 7.11 Å². The topological polar surface area (TPSA) is 64.6 Å². The maximum absolute atomic E-state index is 12.0. The second-order valence-electron chi connectivity index (χ2n) is 5.61. The van der Waals surface area contributed by atoms with E-state index in [-0.39, 0.29) is 13.0 Å². The van der Waals surface area contributed by atoms with E-state index in [2.05, 4.69) is 5.32 Å². The van der Waals surface area contributed by atoms with Crippen molar-refractivity contribution in [1.82, 2.24) is 0 Å². The van der Waals surface area contributed by atoms with E-state index in [1.54, 1.807) is 12.1 Å². The Labute approximate surface area is 151 Å². The van der Waals surface area contributed by atoms with Gasteiger partial charge in [0, 0.05) is 11.1 Å². The molecule has 0 heterocycles. The Balaban J connectivity index is 1.92. The van der Waals surface area contributed by atoms with Crippen molar-refractivity contribution in [2.75, 3.05) is 19.0 Å². The molecule has 2 aromatic rings. The van der Waals surface area contributed by atoms with Crippen LogP contribution in [0.25, 0.3) is 0 Å². The van der Waals surface area contributed by atoms with Crippen molar-refractivity contribution in [3.8, 4) is 5.75 Å². The molecule has 0 unspecified atom stereocenters. The van der Waals surface area contributed by atoms with Crippen LogP contribution in [0.2, 0.25) is 5.02 Å². The van der Waals surface area contributed by atoms with Gasteiger partial charge in [0.1, 0.15) is 5.75 Å². The van der Waals surface area contributed by atoms with Gasteiger partial charge in [-0.2, -0.15) is 0 Å². The first-order valence-electron chi connectivity index (χ1n) is 7.75. The highest BCUT2D eigenvalue weighted by Crippen LogP contribution is 2.30. The van der Waals surface area contributed by atoms with Gasteiger partial charge in [0.15, 0.2) is 6.61 Å². The number of esters is 1. The summed E-state index contributed by atoms with van der Waals surface area (Å²) in [5.41, 5.74) is 3.16. The van der Waals surface area contributed by atoms with E-state index < -0.39 is 11.9 Å². The molecule has 0 aromatic heterocycles. The van der Waals surface area contributed by atoms with E-state index in [9.17, 15) is 9.59 Å². The molecule has 1 amide bonds. The number of nitrogens with one attached hydrogen (secondary N) is 1. The average Bonchev–Trinajstić information content (AvgIpc) is 2.58. The van der Waals surface area contributed by atoms with Gasteiger partial charge in [-0.05, 0) is 36.6 Å². The maximum atomic E-state index is 12.0. The SMILES string of the molecule is COc1cc(Cl)c(C)cc1NC(=O)COC(=O)Cc1ccccc1C.